The molecule has 1 saturated heterocycles. The smallest absolute Gasteiger partial charge is 0.0484 e. The van der Waals surface area contributed by atoms with Crippen molar-refractivity contribution in [1.29, 1.82) is 0 Å². The predicted molar refractivity (Wildman–Crippen MR) is 31.2 cm³/mol. The number of rotatable bonds is 1. The van der Waals surface area contributed by atoms with E-state index in [0.717, 1.165) is 13.1 Å². The number of hydrogen-bond donors (Lipinski definition) is 2. The molecule has 0 aromatic rings. The van der Waals surface area contributed by atoms with Crippen molar-refractivity contribution in [3.63, 3.8) is 0 Å². The van der Waals surface area contributed by atoms with Gasteiger partial charge in [0.2, 0.25) is 0 Å². The quantitative estimate of drug-likeness (QED) is 0.463. The molecule has 1 atom stereocenters. The molecule has 1 heterocycles. The van der Waals surface area contributed by atoms with E-state index in [9.17, 15) is 0 Å². The molecule has 0 aromatic heterocycles. The van der Waals surface area contributed by atoms with E-state index in [4.69, 9.17) is 5.11 Å². The molecule has 48 valence electrons. The fraction of sp³-hybridized carbons (Fsp3) is 1.00. The first kappa shape index (κ1) is 6.01. The molecule has 2 N–H and O–H groups in total. The second kappa shape index (κ2) is 2.44. The zero-order chi connectivity index (χ0) is 5.98. The van der Waals surface area contributed by atoms with Gasteiger partial charge in [-0.3, -0.25) is 5.43 Å². The Kier molecular flexibility index (Phi) is 1.83. The first-order valence-electron chi connectivity index (χ1n) is 2.88. The number of aliphatic hydroxyl groups excluding tert-OH is 1. The van der Waals surface area contributed by atoms with E-state index in [1.165, 1.54) is 0 Å². The van der Waals surface area contributed by atoms with Crippen LogP contribution >= 0.6 is 0 Å². The SMILES string of the molecule is CN1CC(CO)CN1. The molecule has 1 aliphatic heterocycles. The average molecular weight is 116 g/mol. The topological polar surface area (TPSA) is 35.5 Å². The highest BCUT2D eigenvalue weighted by Gasteiger charge is 2.16. The summed E-state index contributed by atoms with van der Waals surface area (Å²) in [6.07, 6.45) is 0. The van der Waals surface area contributed by atoms with Crippen molar-refractivity contribution in [2.24, 2.45) is 5.92 Å². The third kappa shape index (κ3) is 1.18. The van der Waals surface area contributed by atoms with Gasteiger partial charge >= 0.3 is 0 Å². The average Bonchev–Trinajstić information content (AvgIpc) is 2.14. The fourth-order valence-electron chi connectivity index (χ4n) is 0.924. The lowest BCUT2D eigenvalue weighted by atomic mass is 10.2. The summed E-state index contributed by atoms with van der Waals surface area (Å²) >= 11 is 0. The van der Waals surface area contributed by atoms with E-state index in [-0.39, 0.29) is 0 Å². The molecule has 0 aliphatic carbocycles. The predicted octanol–water partition coefficient (Wildman–Crippen LogP) is -0.955. The van der Waals surface area contributed by atoms with Gasteiger partial charge in [-0.15, -0.1) is 0 Å². The van der Waals surface area contributed by atoms with Crippen molar-refractivity contribution >= 4 is 0 Å². The molecule has 1 rings (SSSR count). The Morgan fingerprint density at radius 1 is 1.88 bits per heavy atom. The second-order valence-corrected chi connectivity index (χ2v) is 2.29. The lowest BCUT2D eigenvalue weighted by Crippen LogP contribution is -2.25. The van der Waals surface area contributed by atoms with Crippen LogP contribution in [0.5, 0.6) is 0 Å². The maximum atomic E-state index is 8.62. The lowest BCUT2D eigenvalue weighted by molar-refractivity contribution is 0.231. The minimum atomic E-state index is 0.303. The van der Waals surface area contributed by atoms with Crippen LogP contribution in [0.15, 0.2) is 0 Å². The third-order valence-corrected chi connectivity index (χ3v) is 1.44. The molecule has 0 spiro atoms. The first-order valence-corrected chi connectivity index (χ1v) is 2.88. The summed E-state index contributed by atoms with van der Waals surface area (Å²) in [5.41, 5.74) is 3.09. The van der Waals surface area contributed by atoms with Crippen molar-refractivity contribution in [2.45, 2.75) is 0 Å². The van der Waals surface area contributed by atoms with Gasteiger partial charge < -0.3 is 5.11 Å². The van der Waals surface area contributed by atoms with Gasteiger partial charge in [0, 0.05) is 32.7 Å². The molecule has 0 saturated carbocycles. The minimum Gasteiger partial charge on any atom is -0.396 e. The van der Waals surface area contributed by atoms with Gasteiger partial charge in [0.1, 0.15) is 0 Å². The van der Waals surface area contributed by atoms with E-state index in [1.54, 1.807) is 0 Å². The Balaban J connectivity index is 2.22. The van der Waals surface area contributed by atoms with Crippen LogP contribution in [-0.2, 0) is 0 Å². The Morgan fingerprint density at radius 2 is 2.62 bits per heavy atom. The van der Waals surface area contributed by atoms with Crippen LogP contribution in [0.25, 0.3) is 0 Å². The van der Waals surface area contributed by atoms with Gasteiger partial charge in [0.15, 0.2) is 0 Å². The summed E-state index contributed by atoms with van der Waals surface area (Å²) in [6.45, 7) is 2.20. The molecule has 1 aliphatic rings. The standard InChI is InChI=1S/C5H12N2O/c1-7-3-5(4-8)2-6-7/h5-6,8H,2-4H2,1H3. The number of nitrogens with one attached hydrogen (secondary N) is 1. The van der Waals surface area contributed by atoms with E-state index >= 15 is 0 Å². The molecule has 3 heteroatoms. The molecule has 0 amide bonds. The molecule has 8 heavy (non-hydrogen) atoms. The molecule has 1 fully saturated rings. The van der Waals surface area contributed by atoms with E-state index < -0.39 is 0 Å². The highest BCUT2D eigenvalue weighted by molar-refractivity contribution is 4.68. The number of aliphatic hydroxyl groups is 1. The van der Waals surface area contributed by atoms with Crippen molar-refractivity contribution in [3.05, 3.63) is 0 Å². The summed E-state index contributed by atoms with van der Waals surface area (Å²) in [5.74, 6) is 0.444. The maximum Gasteiger partial charge on any atom is 0.0484 e. The zero-order valence-corrected chi connectivity index (χ0v) is 5.09. The normalized spacial score (nSPS) is 31.5. The maximum absolute atomic E-state index is 8.62. The Morgan fingerprint density at radius 3 is 2.88 bits per heavy atom. The molecule has 1 unspecified atom stereocenters. The summed E-state index contributed by atoms with van der Waals surface area (Å²) in [4.78, 5) is 0. The third-order valence-electron chi connectivity index (χ3n) is 1.44. The van der Waals surface area contributed by atoms with E-state index in [0.29, 0.717) is 12.5 Å². The second-order valence-electron chi connectivity index (χ2n) is 2.29. The van der Waals surface area contributed by atoms with E-state index in [2.05, 4.69) is 5.43 Å². The number of hydrazine groups is 1. The van der Waals surface area contributed by atoms with Crippen LogP contribution in [-0.4, -0.2) is 36.9 Å². The Labute approximate surface area is 49.3 Å². The highest BCUT2D eigenvalue weighted by atomic mass is 16.3. The summed E-state index contributed by atoms with van der Waals surface area (Å²) in [7, 11) is 1.98. The van der Waals surface area contributed by atoms with Crippen LogP contribution in [0.4, 0.5) is 0 Å². The number of nitrogens with zero attached hydrogens (tertiary/aromatic N) is 1. The van der Waals surface area contributed by atoms with Crippen LogP contribution in [0.2, 0.25) is 0 Å². The highest BCUT2D eigenvalue weighted by Crippen LogP contribution is 2.01. The van der Waals surface area contributed by atoms with Crippen LogP contribution in [0.3, 0.4) is 0 Å². The Bertz CT molecular complexity index is 76.8. The first-order chi connectivity index (χ1) is 3.83. The Hall–Kier alpha value is -0.120. The van der Waals surface area contributed by atoms with Crippen molar-refractivity contribution in [3.8, 4) is 0 Å². The van der Waals surface area contributed by atoms with Gasteiger partial charge in [-0.2, -0.15) is 0 Å². The molecule has 3 nitrogen and oxygen atoms in total. The fourth-order valence-corrected chi connectivity index (χ4v) is 0.924. The van der Waals surface area contributed by atoms with Crippen LogP contribution in [0.1, 0.15) is 0 Å². The van der Waals surface area contributed by atoms with Crippen molar-refractivity contribution in [1.82, 2.24) is 10.4 Å². The summed E-state index contributed by atoms with van der Waals surface area (Å²) in [6, 6.07) is 0. The monoisotopic (exact) mass is 116 g/mol. The van der Waals surface area contributed by atoms with Gasteiger partial charge in [-0.05, 0) is 0 Å². The summed E-state index contributed by atoms with van der Waals surface area (Å²) < 4.78 is 0. The molecule has 0 radical (unpaired) electrons. The molecule has 0 aromatic carbocycles. The summed E-state index contributed by atoms with van der Waals surface area (Å²) in [5, 5.41) is 10.6. The van der Waals surface area contributed by atoms with Crippen LogP contribution < -0.4 is 5.43 Å². The molecular formula is C5H12N2O. The van der Waals surface area contributed by atoms with Gasteiger partial charge in [0.25, 0.3) is 0 Å². The number of hydrogen-bond acceptors (Lipinski definition) is 3. The van der Waals surface area contributed by atoms with Gasteiger partial charge in [-0.1, -0.05) is 0 Å². The largest absolute Gasteiger partial charge is 0.396 e. The van der Waals surface area contributed by atoms with E-state index in [1.807, 2.05) is 12.1 Å². The van der Waals surface area contributed by atoms with Crippen molar-refractivity contribution < 1.29 is 5.11 Å². The van der Waals surface area contributed by atoms with Crippen LogP contribution in [0, 0.1) is 5.92 Å². The zero-order valence-electron chi connectivity index (χ0n) is 5.09. The van der Waals surface area contributed by atoms with Gasteiger partial charge in [-0.25, -0.2) is 5.01 Å². The molecular weight excluding hydrogens is 104 g/mol. The van der Waals surface area contributed by atoms with Crippen molar-refractivity contribution in [2.75, 3.05) is 26.7 Å². The molecule has 0 bridgehead atoms. The van der Waals surface area contributed by atoms with Gasteiger partial charge in [0.05, 0.1) is 0 Å². The lowest BCUT2D eigenvalue weighted by Gasteiger charge is -2.04. The minimum absolute atomic E-state index is 0.303.